The molecule has 1 fully saturated rings. The van der Waals surface area contributed by atoms with Crippen molar-refractivity contribution in [1.29, 1.82) is 0 Å². The molecule has 0 saturated carbocycles. The molecule has 6 heteroatoms. The number of aryl methyl sites for hydroxylation is 1. The predicted molar refractivity (Wildman–Crippen MR) is 113 cm³/mol. The molecular formula is C23H25N5O. The zero-order valence-corrected chi connectivity index (χ0v) is 16.4. The summed E-state index contributed by atoms with van der Waals surface area (Å²) in [6.45, 7) is 3.14. The first kappa shape index (κ1) is 18.1. The SMILES string of the molecule is ON=C1CCc2cc(-c3cn(CC4CCNCC4)nc3-c3ccncc3)ccc21. The molecule has 2 aromatic heterocycles. The lowest BCUT2D eigenvalue weighted by molar-refractivity contribution is 0.318. The van der Waals surface area contributed by atoms with E-state index in [0.29, 0.717) is 5.92 Å². The fourth-order valence-electron chi connectivity index (χ4n) is 4.52. The second kappa shape index (κ2) is 7.79. The van der Waals surface area contributed by atoms with E-state index in [2.05, 4.69) is 44.5 Å². The number of piperidine rings is 1. The average Bonchev–Trinajstić information content (AvgIpc) is 3.38. The maximum Gasteiger partial charge on any atom is 0.100 e. The Bertz CT molecular complexity index is 1030. The zero-order chi connectivity index (χ0) is 19.6. The van der Waals surface area contributed by atoms with E-state index in [1.807, 2.05) is 24.5 Å². The lowest BCUT2D eigenvalue weighted by Crippen LogP contribution is -2.30. The Hall–Kier alpha value is -2.99. The molecule has 148 valence electrons. The molecule has 1 aliphatic carbocycles. The molecule has 0 atom stereocenters. The van der Waals surface area contributed by atoms with E-state index in [1.54, 1.807) is 0 Å². The van der Waals surface area contributed by atoms with Crippen molar-refractivity contribution in [2.24, 2.45) is 11.1 Å². The molecule has 0 spiro atoms. The highest BCUT2D eigenvalue weighted by atomic mass is 16.4. The topological polar surface area (TPSA) is 75.3 Å². The van der Waals surface area contributed by atoms with Crippen LogP contribution >= 0.6 is 0 Å². The average molecular weight is 387 g/mol. The highest BCUT2D eigenvalue weighted by Gasteiger charge is 2.21. The van der Waals surface area contributed by atoms with Crippen molar-refractivity contribution in [2.45, 2.75) is 32.2 Å². The molecule has 0 radical (unpaired) electrons. The van der Waals surface area contributed by atoms with Gasteiger partial charge in [0, 0.05) is 41.8 Å². The van der Waals surface area contributed by atoms with Gasteiger partial charge in [-0.25, -0.2) is 0 Å². The summed E-state index contributed by atoms with van der Waals surface area (Å²) in [5.74, 6) is 0.664. The van der Waals surface area contributed by atoms with Crippen molar-refractivity contribution >= 4 is 5.71 Å². The summed E-state index contributed by atoms with van der Waals surface area (Å²) in [5, 5.41) is 21.1. The Balaban J connectivity index is 1.54. The van der Waals surface area contributed by atoms with E-state index in [4.69, 9.17) is 5.10 Å². The monoisotopic (exact) mass is 387 g/mol. The number of nitrogens with one attached hydrogen (secondary N) is 1. The molecule has 29 heavy (non-hydrogen) atoms. The van der Waals surface area contributed by atoms with Gasteiger partial charge < -0.3 is 10.5 Å². The lowest BCUT2D eigenvalue weighted by Gasteiger charge is -2.22. The van der Waals surface area contributed by atoms with E-state index in [9.17, 15) is 5.21 Å². The smallest absolute Gasteiger partial charge is 0.100 e. The Labute approximate surface area is 170 Å². The molecule has 1 saturated heterocycles. The van der Waals surface area contributed by atoms with Crippen LogP contribution in [-0.4, -0.2) is 38.8 Å². The van der Waals surface area contributed by atoms with Crippen molar-refractivity contribution in [1.82, 2.24) is 20.1 Å². The highest BCUT2D eigenvalue weighted by molar-refractivity contribution is 6.04. The van der Waals surface area contributed by atoms with Crippen molar-refractivity contribution in [3.8, 4) is 22.4 Å². The van der Waals surface area contributed by atoms with Gasteiger partial charge in [0.05, 0.1) is 5.71 Å². The van der Waals surface area contributed by atoms with Crippen molar-refractivity contribution in [3.63, 3.8) is 0 Å². The maximum atomic E-state index is 9.22. The first-order valence-corrected chi connectivity index (χ1v) is 10.3. The summed E-state index contributed by atoms with van der Waals surface area (Å²) in [7, 11) is 0. The van der Waals surface area contributed by atoms with Crippen molar-refractivity contribution in [2.75, 3.05) is 13.1 Å². The molecular weight excluding hydrogens is 362 g/mol. The number of hydrogen-bond acceptors (Lipinski definition) is 5. The van der Waals surface area contributed by atoms with E-state index >= 15 is 0 Å². The molecule has 3 aromatic rings. The van der Waals surface area contributed by atoms with Gasteiger partial charge >= 0.3 is 0 Å². The van der Waals surface area contributed by atoms with E-state index < -0.39 is 0 Å². The molecule has 2 N–H and O–H groups in total. The standard InChI is InChI=1S/C23H25N5O/c29-27-22-4-2-18-13-19(1-3-20(18)22)21-15-28(14-16-5-9-24-10-6-16)26-23(21)17-7-11-25-12-8-17/h1,3,7-8,11-13,15-16,24,29H,2,4-6,9-10,14H2. The molecule has 2 aliphatic rings. The van der Waals surface area contributed by atoms with E-state index in [1.165, 1.54) is 18.4 Å². The number of pyridine rings is 1. The number of oxime groups is 1. The Kier molecular flexibility index (Phi) is 4.86. The van der Waals surface area contributed by atoms with Gasteiger partial charge in [-0.05, 0) is 68.0 Å². The Morgan fingerprint density at radius 2 is 1.86 bits per heavy atom. The van der Waals surface area contributed by atoms with Crippen LogP contribution in [0.5, 0.6) is 0 Å². The normalized spacial score (nSPS) is 18.3. The van der Waals surface area contributed by atoms with Crippen molar-refractivity contribution < 1.29 is 5.21 Å². The molecule has 0 amide bonds. The van der Waals surface area contributed by atoms with Gasteiger partial charge in [-0.1, -0.05) is 23.4 Å². The minimum atomic E-state index is 0.664. The van der Waals surface area contributed by atoms with Crippen LogP contribution in [0, 0.1) is 5.92 Å². The van der Waals surface area contributed by atoms with Crippen molar-refractivity contribution in [3.05, 3.63) is 60.0 Å². The minimum absolute atomic E-state index is 0.664. The van der Waals surface area contributed by atoms with Crippen LogP contribution in [-0.2, 0) is 13.0 Å². The molecule has 1 aromatic carbocycles. The quantitative estimate of drug-likeness (QED) is 0.528. The minimum Gasteiger partial charge on any atom is -0.411 e. The summed E-state index contributed by atoms with van der Waals surface area (Å²) in [6.07, 6.45) is 9.92. The van der Waals surface area contributed by atoms with Crippen LogP contribution < -0.4 is 5.32 Å². The third kappa shape index (κ3) is 3.56. The molecule has 6 nitrogen and oxygen atoms in total. The molecule has 5 rings (SSSR count). The summed E-state index contributed by atoms with van der Waals surface area (Å²) in [4.78, 5) is 4.16. The number of rotatable bonds is 4. The molecule has 1 aliphatic heterocycles. The summed E-state index contributed by atoms with van der Waals surface area (Å²) in [5.41, 5.74) is 7.45. The van der Waals surface area contributed by atoms with Gasteiger partial charge in [0.25, 0.3) is 0 Å². The second-order valence-electron chi connectivity index (χ2n) is 7.96. The fraction of sp³-hybridized carbons (Fsp3) is 0.348. The second-order valence-corrected chi connectivity index (χ2v) is 7.96. The largest absolute Gasteiger partial charge is 0.411 e. The van der Waals surface area contributed by atoms with Gasteiger partial charge in [0.1, 0.15) is 5.69 Å². The summed E-state index contributed by atoms with van der Waals surface area (Å²) >= 11 is 0. The van der Waals surface area contributed by atoms with Crippen LogP contribution in [0.1, 0.15) is 30.4 Å². The molecule has 3 heterocycles. The number of fused-ring (bicyclic) bond motifs is 1. The van der Waals surface area contributed by atoms with Gasteiger partial charge in [-0.15, -0.1) is 0 Å². The number of nitrogens with zero attached hydrogens (tertiary/aromatic N) is 4. The maximum absolute atomic E-state index is 9.22. The van der Waals surface area contributed by atoms with Gasteiger partial charge in [0.15, 0.2) is 0 Å². The van der Waals surface area contributed by atoms with Crippen LogP contribution in [0.3, 0.4) is 0 Å². The fourth-order valence-corrected chi connectivity index (χ4v) is 4.52. The van der Waals surface area contributed by atoms with Gasteiger partial charge in [0.2, 0.25) is 0 Å². The van der Waals surface area contributed by atoms with Gasteiger partial charge in [-0.3, -0.25) is 9.67 Å². The van der Waals surface area contributed by atoms with Crippen LogP contribution in [0.4, 0.5) is 0 Å². The number of hydrogen-bond donors (Lipinski definition) is 2. The van der Waals surface area contributed by atoms with Crippen LogP contribution in [0.25, 0.3) is 22.4 Å². The first-order chi connectivity index (χ1) is 14.3. The predicted octanol–water partition coefficient (Wildman–Crippen LogP) is 3.74. The first-order valence-electron chi connectivity index (χ1n) is 10.3. The van der Waals surface area contributed by atoms with Crippen LogP contribution in [0.2, 0.25) is 0 Å². The molecule has 0 unspecified atom stereocenters. The Morgan fingerprint density at radius 3 is 2.66 bits per heavy atom. The van der Waals surface area contributed by atoms with Crippen LogP contribution in [0.15, 0.2) is 54.1 Å². The zero-order valence-electron chi connectivity index (χ0n) is 16.4. The van der Waals surface area contributed by atoms with E-state index in [0.717, 1.165) is 66.1 Å². The van der Waals surface area contributed by atoms with Gasteiger partial charge in [-0.2, -0.15) is 5.10 Å². The number of aromatic nitrogens is 3. The summed E-state index contributed by atoms with van der Waals surface area (Å²) in [6, 6.07) is 10.5. The number of benzene rings is 1. The van der Waals surface area contributed by atoms with E-state index in [-0.39, 0.29) is 0 Å². The third-order valence-electron chi connectivity index (χ3n) is 6.10. The lowest BCUT2D eigenvalue weighted by atomic mass is 9.98. The summed E-state index contributed by atoms with van der Waals surface area (Å²) < 4.78 is 2.12. The Morgan fingerprint density at radius 1 is 1.03 bits per heavy atom. The third-order valence-corrected chi connectivity index (χ3v) is 6.10. The highest BCUT2D eigenvalue weighted by Crippen LogP contribution is 2.34. The molecule has 0 bridgehead atoms.